The Morgan fingerprint density at radius 3 is 1.83 bits per heavy atom. The molecule has 0 heterocycles. The van der Waals surface area contributed by atoms with Crippen molar-refractivity contribution >= 4 is 17.5 Å². The second kappa shape index (κ2) is 10.9. The lowest BCUT2D eigenvalue weighted by Crippen LogP contribution is -2.41. The Balaban J connectivity index is 2.01. The van der Waals surface area contributed by atoms with Gasteiger partial charge in [-0.25, -0.2) is 0 Å². The summed E-state index contributed by atoms with van der Waals surface area (Å²) in [5.74, 6) is 0.228. The van der Waals surface area contributed by atoms with Gasteiger partial charge in [0.1, 0.15) is 0 Å². The van der Waals surface area contributed by atoms with Crippen molar-refractivity contribution in [3.05, 3.63) is 53.6 Å². The van der Waals surface area contributed by atoms with Crippen LogP contribution in [0.5, 0.6) is 11.5 Å². The molecule has 0 unspecified atom stereocenters. The lowest BCUT2D eigenvalue weighted by Gasteiger charge is -2.21. The number of nitrogens with zero attached hydrogens (tertiary/aromatic N) is 1. The summed E-state index contributed by atoms with van der Waals surface area (Å²) < 4.78 is 11.0. The third-order valence-electron chi connectivity index (χ3n) is 4.35. The summed E-state index contributed by atoms with van der Waals surface area (Å²) in [5, 5.41) is 0. The smallest absolute Gasteiger partial charge is 0.269 e. The highest BCUT2D eigenvalue weighted by atomic mass is 16.5. The quantitative estimate of drug-likeness (QED) is 0.632. The minimum atomic E-state index is -0.442. The molecule has 0 spiro atoms. The van der Waals surface area contributed by atoms with Crippen LogP contribution in [0.2, 0.25) is 0 Å². The Labute approximate surface area is 172 Å². The maximum Gasteiger partial charge on any atom is 0.269 e. The summed E-state index contributed by atoms with van der Waals surface area (Å²) in [4.78, 5) is 26.9. The van der Waals surface area contributed by atoms with Gasteiger partial charge in [-0.2, -0.15) is 0 Å². The predicted molar refractivity (Wildman–Crippen MR) is 114 cm³/mol. The van der Waals surface area contributed by atoms with Crippen molar-refractivity contribution in [1.29, 1.82) is 0 Å². The third-order valence-corrected chi connectivity index (χ3v) is 4.35. The highest BCUT2D eigenvalue weighted by molar-refractivity contribution is 5.99. The molecule has 0 aromatic heterocycles. The number of hydrogen-bond acceptors (Lipinski definition) is 5. The van der Waals surface area contributed by atoms with Gasteiger partial charge in [0.15, 0.2) is 11.5 Å². The van der Waals surface area contributed by atoms with Crippen molar-refractivity contribution in [2.75, 3.05) is 31.2 Å². The van der Waals surface area contributed by atoms with Crippen LogP contribution in [0.25, 0.3) is 0 Å². The molecule has 0 saturated carbocycles. The number of hydrazine groups is 1. The van der Waals surface area contributed by atoms with Crippen molar-refractivity contribution in [1.82, 2.24) is 10.9 Å². The molecule has 2 amide bonds. The fourth-order valence-corrected chi connectivity index (χ4v) is 2.86. The van der Waals surface area contributed by atoms with Gasteiger partial charge in [0.25, 0.3) is 11.8 Å². The van der Waals surface area contributed by atoms with Gasteiger partial charge in [-0.05, 0) is 70.2 Å². The van der Waals surface area contributed by atoms with Gasteiger partial charge in [0, 0.05) is 29.9 Å². The van der Waals surface area contributed by atoms with Gasteiger partial charge < -0.3 is 14.4 Å². The van der Waals surface area contributed by atoms with Crippen LogP contribution in [0, 0.1) is 0 Å². The number of rotatable bonds is 9. The van der Waals surface area contributed by atoms with Crippen molar-refractivity contribution in [3.8, 4) is 11.5 Å². The second-order valence-corrected chi connectivity index (χ2v) is 6.15. The van der Waals surface area contributed by atoms with Crippen LogP contribution in [0.3, 0.4) is 0 Å². The molecule has 2 N–H and O–H groups in total. The summed E-state index contributed by atoms with van der Waals surface area (Å²) >= 11 is 0. The number of carbonyl (C=O) groups is 2. The number of carbonyl (C=O) groups excluding carboxylic acids is 2. The standard InChI is InChI=1S/C22H29N3O4/c1-5-25(6-2)18-12-9-16(10-13-18)21(26)23-24-22(27)17-11-14-19(28-7-3)20(15-17)29-8-4/h9-15H,5-8H2,1-4H3,(H,23,26)(H,24,27). The normalized spacial score (nSPS) is 10.2. The maximum atomic E-state index is 12.4. The van der Waals surface area contributed by atoms with Crippen LogP contribution in [0.15, 0.2) is 42.5 Å². The molecule has 156 valence electrons. The van der Waals surface area contributed by atoms with Gasteiger partial charge in [0.2, 0.25) is 0 Å². The SMILES string of the molecule is CCOc1ccc(C(=O)NNC(=O)c2ccc(N(CC)CC)cc2)cc1OCC. The molecule has 0 aliphatic rings. The third kappa shape index (κ3) is 5.88. The first kappa shape index (κ1) is 22.1. The van der Waals surface area contributed by atoms with Gasteiger partial charge in [-0.3, -0.25) is 20.4 Å². The van der Waals surface area contributed by atoms with Crippen LogP contribution in [0.4, 0.5) is 5.69 Å². The van der Waals surface area contributed by atoms with Gasteiger partial charge >= 0.3 is 0 Å². The Morgan fingerprint density at radius 2 is 1.28 bits per heavy atom. The summed E-state index contributed by atoms with van der Waals surface area (Å²) in [6.45, 7) is 10.6. The Morgan fingerprint density at radius 1 is 0.759 bits per heavy atom. The largest absolute Gasteiger partial charge is 0.490 e. The van der Waals surface area contributed by atoms with Crippen molar-refractivity contribution in [2.24, 2.45) is 0 Å². The number of benzene rings is 2. The minimum absolute atomic E-state index is 0.356. The topological polar surface area (TPSA) is 79.9 Å². The number of amides is 2. The summed E-state index contributed by atoms with van der Waals surface area (Å²) in [6, 6.07) is 12.1. The van der Waals surface area contributed by atoms with Crippen molar-refractivity contribution in [3.63, 3.8) is 0 Å². The summed E-state index contributed by atoms with van der Waals surface area (Å²) in [7, 11) is 0. The Hall–Kier alpha value is -3.22. The average molecular weight is 399 g/mol. The fraction of sp³-hybridized carbons (Fsp3) is 0.364. The van der Waals surface area contributed by atoms with Crippen molar-refractivity contribution in [2.45, 2.75) is 27.7 Å². The monoisotopic (exact) mass is 399 g/mol. The molecule has 29 heavy (non-hydrogen) atoms. The van der Waals surface area contributed by atoms with E-state index >= 15 is 0 Å². The molecule has 7 nitrogen and oxygen atoms in total. The lowest BCUT2D eigenvalue weighted by atomic mass is 10.2. The van der Waals surface area contributed by atoms with E-state index in [4.69, 9.17) is 9.47 Å². The zero-order valence-electron chi connectivity index (χ0n) is 17.5. The highest BCUT2D eigenvalue weighted by Gasteiger charge is 2.13. The van der Waals surface area contributed by atoms with Crippen LogP contribution in [0.1, 0.15) is 48.4 Å². The molecule has 0 radical (unpaired) electrons. The number of ether oxygens (including phenoxy) is 2. The van der Waals surface area contributed by atoms with E-state index in [9.17, 15) is 9.59 Å². The van der Waals surface area contributed by atoms with Crippen LogP contribution < -0.4 is 25.2 Å². The first-order valence-corrected chi connectivity index (χ1v) is 9.89. The van der Waals surface area contributed by atoms with E-state index in [1.54, 1.807) is 30.3 Å². The first-order valence-electron chi connectivity index (χ1n) is 9.89. The van der Waals surface area contributed by atoms with Gasteiger partial charge in [-0.1, -0.05) is 0 Å². The molecule has 0 aliphatic carbocycles. The maximum absolute atomic E-state index is 12.4. The van der Waals surface area contributed by atoms with E-state index in [-0.39, 0.29) is 5.91 Å². The molecule has 0 saturated heterocycles. The highest BCUT2D eigenvalue weighted by Crippen LogP contribution is 2.28. The molecule has 2 aromatic carbocycles. The van der Waals surface area contributed by atoms with E-state index in [1.165, 1.54) is 0 Å². The average Bonchev–Trinajstić information content (AvgIpc) is 2.74. The molecule has 0 atom stereocenters. The molecule has 2 aromatic rings. The molecule has 0 fully saturated rings. The van der Waals surface area contributed by atoms with Crippen LogP contribution in [-0.2, 0) is 0 Å². The molecule has 0 aliphatic heterocycles. The van der Waals surface area contributed by atoms with Crippen LogP contribution >= 0.6 is 0 Å². The predicted octanol–water partition coefficient (Wildman–Crippen LogP) is 3.41. The molecule has 7 heteroatoms. The second-order valence-electron chi connectivity index (χ2n) is 6.15. The number of nitrogens with one attached hydrogen (secondary N) is 2. The molecular weight excluding hydrogens is 370 g/mol. The number of anilines is 1. The van der Waals surface area contributed by atoms with E-state index in [0.29, 0.717) is 35.8 Å². The first-order chi connectivity index (χ1) is 14.0. The molecular formula is C22H29N3O4. The van der Waals surface area contributed by atoms with Gasteiger partial charge in [-0.15, -0.1) is 0 Å². The van der Waals surface area contributed by atoms with E-state index < -0.39 is 5.91 Å². The van der Waals surface area contributed by atoms with Crippen molar-refractivity contribution < 1.29 is 19.1 Å². The lowest BCUT2D eigenvalue weighted by molar-refractivity contribution is 0.0846. The van der Waals surface area contributed by atoms with Crippen LogP contribution in [-0.4, -0.2) is 38.1 Å². The summed E-state index contributed by atoms with van der Waals surface area (Å²) in [6.07, 6.45) is 0. The zero-order chi connectivity index (χ0) is 21.2. The van der Waals surface area contributed by atoms with E-state index in [0.717, 1.165) is 18.8 Å². The van der Waals surface area contributed by atoms with E-state index in [1.807, 2.05) is 26.0 Å². The fourth-order valence-electron chi connectivity index (χ4n) is 2.86. The van der Waals surface area contributed by atoms with Gasteiger partial charge in [0.05, 0.1) is 13.2 Å². The minimum Gasteiger partial charge on any atom is -0.490 e. The van der Waals surface area contributed by atoms with E-state index in [2.05, 4.69) is 29.6 Å². The molecule has 2 rings (SSSR count). The Kier molecular flexibility index (Phi) is 8.33. The molecule has 0 bridgehead atoms. The summed E-state index contributed by atoms with van der Waals surface area (Å²) in [5.41, 5.74) is 6.74. The zero-order valence-corrected chi connectivity index (χ0v) is 17.5. The Bertz CT molecular complexity index is 817. The number of hydrogen-bond donors (Lipinski definition) is 2.